The number of aliphatic imine (C=N–C) groups is 1. The molecule has 0 aliphatic rings. The molecular formula is C16H16N2. The van der Waals surface area contributed by atoms with Gasteiger partial charge < -0.3 is 5.32 Å². The van der Waals surface area contributed by atoms with Gasteiger partial charge in [-0.3, -0.25) is 4.99 Å². The summed E-state index contributed by atoms with van der Waals surface area (Å²) in [6, 6.07) is 18.1. The van der Waals surface area contributed by atoms with Gasteiger partial charge in [-0.15, -0.1) is 0 Å². The van der Waals surface area contributed by atoms with Crippen molar-refractivity contribution in [2.24, 2.45) is 4.99 Å². The summed E-state index contributed by atoms with van der Waals surface area (Å²) >= 11 is 0. The molecule has 2 heteroatoms. The Morgan fingerprint density at radius 2 is 1.67 bits per heavy atom. The predicted molar refractivity (Wildman–Crippen MR) is 78.5 cm³/mol. The second kappa shape index (κ2) is 6.40. The first-order valence-corrected chi connectivity index (χ1v) is 5.93. The molecule has 2 aromatic carbocycles. The molecule has 0 aliphatic carbocycles. The molecule has 0 bridgehead atoms. The van der Waals surface area contributed by atoms with Crippen LogP contribution in [0.15, 0.2) is 71.9 Å². The van der Waals surface area contributed by atoms with E-state index in [-0.39, 0.29) is 0 Å². The lowest BCUT2D eigenvalue weighted by Gasteiger charge is -1.98. The molecule has 18 heavy (non-hydrogen) atoms. The summed E-state index contributed by atoms with van der Waals surface area (Å²) < 4.78 is 0. The van der Waals surface area contributed by atoms with Gasteiger partial charge in [0.25, 0.3) is 0 Å². The Morgan fingerprint density at radius 3 is 2.44 bits per heavy atom. The van der Waals surface area contributed by atoms with Crippen LogP contribution in [0, 0.1) is 6.92 Å². The largest absolute Gasteiger partial charge is 0.362 e. The van der Waals surface area contributed by atoms with Crippen LogP contribution < -0.4 is 5.32 Å². The first-order chi connectivity index (χ1) is 8.86. The molecule has 0 saturated carbocycles. The van der Waals surface area contributed by atoms with E-state index >= 15 is 0 Å². The Hall–Kier alpha value is -2.35. The monoisotopic (exact) mass is 236 g/mol. The molecule has 0 radical (unpaired) electrons. The van der Waals surface area contributed by atoms with Gasteiger partial charge in [-0.25, -0.2) is 0 Å². The van der Waals surface area contributed by atoms with Gasteiger partial charge in [-0.05, 0) is 36.8 Å². The predicted octanol–water partition coefficient (Wildman–Crippen LogP) is 4.32. The topological polar surface area (TPSA) is 24.4 Å². The van der Waals surface area contributed by atoms with Crippen molar-refractivity contribution in [1.82, 2.24) is 0 Å². The highest BCUT2D eigenvalue weighted by atomic mass is 14.8. The second-order valence-corrected chi connectivity index (χ2v) is 3.93. The van der Waals surface area contributed by atoms with Crippen molar-refractivity contribution in [2.75, 3.05) is 5.32 Å². The maximum atomic E-state index is 4.39. The van der Waals surface area contributed by atoms with Crippen molar-refractivity contribution in [1.29, 1.82) is 0 Å². The van der Waals surface area contributed by atoms with E-state index < -0.39 is 0 Å². The zero-order valence-corrected chi connectivity index (χ0v) is 10.4. The number of hydrogen-bond acceptors (Lipinski definition) is 2. The maximum absolute atomic E-state index is 4.39. The Kier molecular flexibility index (Phi) is 4.31. The third kappa shape index (κ3) is 3.59. The van der Waals surface area contributed by atoms with Crippen molar-refractivity contribution < 1.29 is 0 Å². The molecule has 1 N–H and O–H groups in total. The van der Waals surface area contributed by atoms with Gasteiger partial charge in [-0.1, -0.05) is 36.4 Å². The van der Waals surface area contributed by atoms with Crippen molar-refractivity contribution in [3.8, 4) is 0 Å². The summed E-state index contributed by atoms with van der Waals surface area (Å²) in [6.45, 7) is 2.05. The van der Waals surface area contributed by atoms with Crippen molar-refractivity contribution in [3.05, 3.63) is 72.4 Å². The molecule has 0 fully saturated rings. The highest BCUT2D eigenvalue weighted by Crippen LogP contribution is 2.16. The zero-order chi connectivity index (χ0) is 12.6. The fourth-order valence-corrected chi connectivity index (χ4v) is 1.55. The number of aryl methyl sites for hydroxylation is 1. The lowest BCUT2D eigenvalue weighted by molar-refractivity contribution is 1.41. The van der Waals surface area contributed by atoms with Crippen LogP contribution in [0.2, 0.25) is 0 Å². The van der Waals surface area contributed by atoms with Gasteiger partial charge in [0.1, 0.15) is 0 Å². The van der Waals surface area contributed by atoms with Gasteiger partial charge in [0.05, 0.1) is 5.69 Å². The number of hydrogen-bond donors (Lipinski definition) is 1. The summed E-state index contributed by atoms with van der Waals surface area (Å²) in [7, 11) is 0. The van der Waals surface area contributed by atoms with Crippen LogP contribution in [0.4, 0.5) is 11.4 Å². The lowest BCUT2D eigenvalue weighted by Crippen LogP contribution is -1.85. The number of nitrogens with one attached hydrogen (secondary N) is 1. The first kappa shape index (κ1) is 12.1. The molecule has 2 nitrogen and oxygen atoms in total. The summed E-state index contributed by atoms with van der Waals surface area (Å²) in [5.74, 6) is 0. The second-order valence-electron chi connectivity index (χ2n) is 3.93. The molecule has 90 valence electrons. The fourth-order valence-electron chi connectivity index (χ4n) is 1.55. The Morgan fingerprint density at radius 1 is 0.944 bits per heavy atom. The minimum absolute atomic E-state index is 1.00. The van der Waals surface area contributed by atoms with E-state index in [9.17, 15) is 0 Å². The molecule has 0 aromatic heterocycles. The smallest absolute Gasteiger partial charge is 0.0658 e. The zero-order valence-electron chi connectivity index (χ0n) is 10.4. The molecule has 0 atom stereocenters. The lowest BCUT2D eigenvalue weighted by atomic mass is 10.2. The Balaban J connectivity index is 1.90. The van der Waals surface area contributed by atoms with Gasteiger partial charge in [0, 0.05) is 18.1 Å². The number of allylic oxidation sites excluding steroid dienone is 1. The number of benzene rings is 2. The standard InChI is InChI=1S/C16H16N2/c1-14-8-5-6-11-16(14)18-13-7-12-17-15-9-3-2-4-10-15/h2-13,17H,1H3. The first-order valence-electron chi connectivity index (χ1n) is 5.93. The molecule has 0 amide bonds. The van der Waals surface area contributed by atoms with Crippen molar-refractivity contribution >= 4 is 17.6 Å². The molecule has 2 aromatic rings. The number of anilines is 1. The third-order valence-corrected chi connectivity index (χ3v) is 2.54. The van der Waals surface area contributed by atoms with Crippen molar-refractivity contribution in [3.63, 3.8) is 0 Å². The van der Waals surface area contributed by atoms with Crippen LogP contribution >= 0.6 is 0 Å². The quantitative estimate of drug-likeness (QED) is 0.785. The van der Waals surface area contributed by atoms with Crippen molar-refractivity contribution in [2.45, 2.75) is 6.92 Å². The van der Waals surface area contributed by atoms with E-state index in [4.69, 9.17) is 0 Å². The van der Waals surface area contributed by atoms with Crippen LogP contribution in [0.25, 0.3) is 0 Å². The Labute approximate surface area is 108 Å². The minimum Gasteiger partial charge on any atom is -0.362 e. The normalized spacial score (nSPS) is 11.2. The molecule has 2 rings (SSSR count). The van der Waals surface area contributed by atoms with Gasteiger partial charge in [0.2, 0.25) is 0 Å². The van der Waals surface area contributed by atoms with E-state index in [1.54, 1.807) is 6.21 Å². The van der Waals surface area contributed by atoms with Crippen LogP contribution in [-0.4, -0.2) is 6.21 Å². The Bertz CT molecular complexity index is 542. The van der Waals surface area contributed by atoms with Crippen LogP contribution in [0.1, 0.15) is 5.56 Å². The average Bonchev–Trinajstić information content (AvgIpc) is 2.42. The van der Waals surface area contributed by atoms with Crippen LogP contribution in [-0.2, 0) is 0 Å². The summed E-state index contributed by atoms with van der Waals surface area (Å²) in [6.07, 6.45) is 5.55. The van der Waals surface area contributed by atoms with E-state index in [0.29, 0.717) is 0 Å². The van der Waals surface area contributed by atoms with Gasteiger partial charge >= 0.3 is 0 Å². The summed E-state index contributed by atoms with van der Waals surface area (Å²) in [4.78, 5) is 4.39. The molecule has 0 unspecified atom stereocenters. The highest BCUT2D eigenvalue weighted by Gasteiger charge is 1.90. The minimum atomic E-state index is 1.00. The van der Waals surface area contributed by atoms with Gasteiger partial charge in [0.15, 0.2) is 0 Å². The number of nitrogens with zero attached hydrogens (tertiary/aromatic N) is 1. The molecule has 0 spiro atoms. The average molecular weight is 236 g/mol. The fraction of sp³-hybridized carbons (Fsp3) is 0.0625. The molecule has 0 saturated heterocycles. The van der Waals surface area contributed by atoms with E-state index in [1.807, 2.05) is 60.8 Å². The van der Waals surface area contributed by atoms with E-state index in [1.165, 1.54) is 5.56 Å². The summed E-state index contributed by atoms with van der Waals surface area (Å²) in [5, 5.41) is 3.17. The van der Waals surface area contributed by atoms with Gasteiger partial charge in [-0.2, -0.15) is 0 Å². The van der Waals surface area contributed by atoms with E-state index in [0.717, 1.165) is 11.4 Å². The van der Waals surface area contributed by atoms with Crippen LogP contribution in [0.3, 0.4) is 0 Å². The number of para-hydroxylation sites is 2. The SMILES string of the molecule is Cc1ccccc1N=CC=CNc1ccccc1. The maximum Gasteiger partial charge on any atom is 0.0658 e. The number of rotatable bonds is 4. The summed E-state index contributed by atoms with van der Waals surface area (Å²) in [5.41, 5.74) is 3.25. The van der Waals surface area contributed by atoms with E-state index in [2.05, 4.69) is 23.3 Å². The molecule has 0 heterocycles. The molecular weight excluding hydrogens is 220 g/mol. The van der Waals surface area contributed by atoms with Crippen LogP contribution in [0.5, 0.6) is 0 Å². The third-order valence-electron chi connectivity index (χ3n) is 2.54. The highest BCUT2D eigenvalue weighted by molar-refractivity contribution is 5.75. The molecule has 0 aliphatic heterocycles.